The minimum atomic E-state index is -0.534. The molecule has 0 spiro atoms. The standard InChI is InChI=1S/C14H18N2O4/c1-15(14(19)20-2)9-13(18)16-6-5-10-3-4-12(17)7-11(10)8-16/h3-4,7,17H,5-6,8-9H2,1-2H3. The zero-order valence-corrected chi connectivity index (χ0v) is 11.6. The number of phenolic OH excluding ortho intramolecular Hbond substituents is 1. The van der Waals surface area contributed by atoms with Crippen molar-refractivity contribution in [2.45, 2.75) is 13.0 Å². The summed E-state index contributed by atoms with van der Waals surface area (Å²) in [4.78, 5) is 26.3. The monoisotopic (exact) mass is 278 g/mol. The fraction of sp³-hybridized carbons (Fsp3) is 0.429. The number of likely N-dealkylation sites (N-methyl/N-ethyl adjacent to an activating group) is 1. The number of fused-ring (bicyclic) bond motifs is 1. The zero-order valence-electron chi connectivity index (χ0n) is 11.6. The molecule has 2 amide bonds. The van der Waals surface area contributed by atoms with Gasteiger partial charge in [0.05, 0.1) is 7.11 Å². The molecule has 0 aromatic heterocycles. The summed E-state index contributed by atoms with van der Waals surface area (Å²) < 4.78 is 4.56. The number of ether oxygens (including phenoxy) is 1. The molecule has 1 aliphatic heterocycles. The third-order valence-electron chi connectivity index (χ3n) is 3.41. The highest BCUT2D eigenvalue weighted by Crippen LogP contribution is 2.23. The van der Waals surface area contributed by atoms with Gasteiger partial charge < -0.3 is 19.6 Å². The molecular weight excluding hydrogens is 260 g/mol. The molecule has 0 saturated carbocycles. The van der Waals surface area contributed by atoms with Gasteiger partial charge in [0, 0.05) is 20.1 Å². The summed E-state index contributed by atoms with van der Waals surface area (Å²) in [5.41, 5.74) is 2.10. The van der Waals surface area contributed by atoms with Gasteiger partial charge in [-0.15, -0.1) is 0 Å². The normalized spacial score (nSPS) is 13.6. The van der Waals surface area contributed by atoms with Gasteiger partial charge in [0.25, 0.3) is 0 Å². The van der Waals surface area contributed by atoms with Gasteiger partial charge in [-0.3, -0.25) is 4.79 Å². The largest absolute Gasteiger partial charge is 0.508 e. The second kappa shape index (κ2) is 5.81. The summed E-state index contributed by atoms with van der Waals surface area (Å²) in [6.07, 6.45) is 0.219. The maximum Gasteiger partial charge on any atom is 0.409 e. The average Bonchev–Trinajstić information content (AvgIpc) is 2.45. The lowest BCUT2D eigenvalue weighted by molar-refractivity contribution is -0.132. The highest BCUT2D eigenvalue weighted by molar-refractivity contribution is 5.82. The molecule has 0 bridgehead atoms. The topological polar surface area (TPSA) is 70.1 Å². The van der Waals surface area contributed by atoms with E-state index >= 15 is 0 Å². The van der Waals surface area contributed by atoms with Gasteiger partial charge in [-0.2, -0.15) is 0 Å². The smallest absolute Gasteiger partial charge is 0.409 e. The van der Waals surface area contributed by atoms with Crippen LogP contribution in [0, 0.1) is 0 Å². The van der Waals surface area contributed by atoms with E-state index in [1.807, 2.05) is 6.07 Å². The number of phenols is 1. The third-order valence-corrected chi connectivity index (χ3v) is 3.41. The van der Waals surface area contributed by atoms with Gasteiger partial charge in [0.1, 0.15) is 12.3 Å². The minimum absolute atomic E-state index is 0.0131. The Balaban J connectivity index is 2.01. The van der Waals surface area contributed by atoms with Crippen LogP contribution in [0.3, 0.4) is 0 Å². The van der Waals surface area contributed by atoms with E-state index in [-0.39, 0.29) is 18.2 Å². The highest BCUT2D eigenvalue weighted by atomic mass is 16.5. The van der Waals surface area contributed by atoms with Crippen LogP contribution in [0.25, 0.3) is 0 Å². The number of nitrogens with zero attached hydrogens (tertiary/aromatic N) is 2. The van der Waals surface area contributed by atoms with Crippen LogP contribution in [0.4, 0.5) is 4.79 Å². The minimum Gasteiger partial charge on any atom is -0.508 e. The molecule has 20 heavy (non-hydrogen) atoms. The molecule has 0 aliphatic carbocycles. The van der Waals surface area contributed by atoms with E-state index in [1.165, 1.54) is 19.1 Å². The van der Waals surface area contributed by atoms with Crippen LogP contribution in [0.15, 0.2) is 18.2 Å². The molecule has 1 aliphatic rings. The van der Waals surface area contributed by atoms with Crippen LogP contribution >= 0.6 is 0 Å². The third kappa shape index (κ3) is 3.01. The van der Waals surface area contributed by atoms with Crippen LogP contribution in [0.1, 0.15) is 11.1 Å². The van der Waals surface area contributed by atoms with Gasteiger partial charge in [-0.1, -0.05) is 6.07 Å². The summed E-state index contributed by atoms with van der Waals surface area (Å²) in [7, 11) is 2.80. The fourth-order valence-electron chi connectivity index (χ4n) is 2.28. The second-order valence-corrected chi connectivity index (χ2v) is 4.84. The zero-order chi connectivity index (χ0) is 14.7. The lowest BCUT2D eigenvalue weighted by Crippen LogP contribution is -2.43. The predicted octanol–water partition coefficient (Wildman–Crippen LogP) is 0.975. The van der Waals surface area contributed by atoms with Crippen molar-refractivity contribution in [3.05, 3.63) is 29.3 Å². The first-order valence-corrected chi connectivity index (χ1v) is 6.39. The molecule has 108 valence electrons. The van der Waals surface area contributed by atoms with Crippen molar-refractivity contribution >= 4 is 12.0 Å². The maximum absolute atomic E-state index is 12.1. The van der Waals surface area contributed by atoms with Gasteiger partial charge in [0.2, 0.25) is 5.91 Å². The molecule has 1 aromatic carbocycles. The Morgan fingerprint density at radius 2 is 2.15 bits per heavy atom. The van der Waals surface area contributed by atoms with Crippen molar-refractivity contribution in [3.63, 3.8) is 0 Å². The Hall–Kier alpha value is -2.24. The summed E-state index contributed by atoms with van der Waals surface area (Å²) in [6, 6.07) is 5.22. The van der Waals surface area contributed by atoms with Crippen LogP contribution in [0.5, 0.6) is 5.75 Å². The summed E-state index contributed by atoms with van der Waals surface area (Å²) >= 11 is 0. The lowest BCUT2D eigenvalue weighted by atomic mass is 9.99. The second-order valence-electron chi connectivity index (χ2n) is 4.84. The Kier molecular flexibility index (Phi) is 4.12. The average molecular weight is 278 g/mol. The number of hydrogen-bond donors (Lipinski definition) is 1. The van der Waals surface area contributed by atoms with Crippen LogP contribution in [-0.4, -0.2) is 54.2 Å². The number of aromatic hydroxyl groups is 1. The molecule has 6 heteroatoms. The number of hydrogen-bond acceptors (Lipinski definition) is 4. The first kappa shape index (κ1) is 14.2. The van der Waals surface area contributed by atoms with Gasteiger partial charge in [-0.05, 0) is 29.7 Å². The fourth-order valence-corrected chi connectivity index (χ4v) is 2.28. The van der Waals surface area contributed by atoms with Gasteiger partial charge >= 0.3 is 6.09 Å². The molecule has 0 radical (unpaired) electrons. The molecule has 2 rings (SSSR count). The quantitative estimate of drug-likeness (QED) is 0.875. The van der Waals surface area contributed by atoms with Crippen molar-refractivity contribution < 1.29 is 19.4 Å². The van der Waals surface area contributed by atoms with Crippen molar-refractivity contribution in [1.82, 2.24) is 9.80 Å². The Morgan fingerprint density at radius 3 is 2.85 bits per heavy atom. The molecule has 0 saturated heterocycles. The molecular formula is C14H18N2O4. The van der Waals surface area contributed by atoms with Crippen molar-refractivity contribution in [2.24, 2.45) is 0 Å². The number of benzene rings is 1. The summed E-state index contributed by atoms with van der Waals surface area (Å²) in [6.45, 7) is 1.06. The van der Waals surface area contributed by atoms with Crippen molar-refractivity contribution in [3.8, 4) is 5.75 Å². The van der Waals surface area contributed by atoms with E-state index in [0.29, 0.717) is 13.1 Å². The molecule has 0 fully saturated rings. The SMILES string of the molecule is COC(=O)N(C)CC(=O)N1CCc2ccc(O)cc2C1. The molecule has 0 atom stereocenters. The van der Waals surface area contributed by atoms with E-state index in [4.69, 9.17) is 0 Å². The van der Waals surface area contributed by atoms with E-state index in [2.05, 4.69) is 4.74 Å². The Bertz CT molecular complexity index is 530. The molecule has 1 heterocycles. The summed E-state index contributed by atoms with van der Waals surface area (Å²) in [5, 5.41) is 9.49. The number of carbonyl (C=O) groups is 2. The maximum atomic E-state index is 12.1. The molecule has 6 nitrogen and oxygen atoms in total. The van der Waals surface area contributed by atoms with Crippen LogP contribution in [-0.2, 0) is 22.5 Å². The number of carbonyl (C=O) groups excluding carboxylic acids is 2. The first-order valence-electron chi connectivity index (χ1n) is 6.39. The van der Waals surface area contributed by atoms with E-state index in [9.17, 15) is 14.7 Å². The van der Waals surface area contributed by atoms with E-state index in [1.54, 1.807) is 17.0 Å². The number of rotatable bonds is 2. The molecule has 1 N–H and O–H groups in total. The number of methoxy groups -OCH3 is 1. The lowest BCUT2D eigenvalue weighted by Gasteiger charge is -2.30. The highest BCUT2D eigenvalue weighted by Gasteiger charge is 2.23. The van der Waals surface area contributed by atoms with E-state index < -0.39 is 6.09 Å². The number of amides is 2. The van der Waals surface area contributed by atoms with Crippen molar-refractivity contribution in [1.29, 1.82) is 0 Å². The predicted molar refractivity (Wildman–Crippen MR) is 72.3 cm³/mol. The van der Waals surface area contributed by atoms with Gasteiger partial charge in [-0.25, -0.2) is 4.79 Å². The molecule has 1 aromatic rings. The Labute approximate surface area is 117 Å². The summed E-state index contributed by atoms with van der Waals surface area (Å²) in [5.74, 6) is 0.0663. The first-order chi connectivity index (χ1) is 9.51. The van der Waals surface area contributed by atoms with Crippen LogP contribution in [0.2, 0.25) is 0 Å². The molecule has 0 unspecified atom stereocenters. The van der Waals surface area contributed by atoms with Gasteiger partial charge in [0.15, 0.2) is 0 Å². The Morgan fingerprint density at radius 1 is 1.40 bits per heavy atom. The van der Waals surface area contributed by atoms with Crippen molar-refractivity contribution in [2.75, 3.05) is 27.2 Å². The van der Waals surface area contributed by atoms with Crippen LogP contribution < -0.4 is 0 Å². The van der Waals surface area contributed by atoms with E-state index in [0.717, 1.165) is 17.5 Å².